The molecule has 1 fully saturated rings. The molecular formula is C11H13N3O2. The van der Waals surface area contributed by atoms with Crippen molar-refractivity contribution in [2.75, 3.05) is 11.4 Å². The third-order valence-electron chi connectivity index (χ3n) is 2.71. The Morgan fingerprint density at radius 3 is 2.94 bits per heavy atom. The molecule has 2 heterocycles. The van der Waals surface area contributed by atoms with Crippen LogP contribution in [0.5, 0.6) is 0 Å². The summed E-state index contributed by atoms with van der Waals surface area (Å²) in [6, 6.07) is 5.34. The fraction of sp³-hybridized carbons (Fsp3) is 0.364. The molecule has 0 bridgehead atoms. The number of nitrogens with two attached hydrogens (primary N) is 1. The Labute approximate surface area is 93.3 Å². The van der Waals surface area contributed by atoms with Crippen molar-refractivity contribution in [1.29, 1.82) is 0 Å². The van der Waals surface area contributed by atoms with E-state index < -0.39 is 11.8 Å². The molecule has 2 rings (SSSR count). The first kappa shape index (κ1) is 10.6. The van der Waals surface area contributed by atoms with E-state index in [4.69, 9.17) is 5.73 Å². The predicted molar refractivity (Wildman–Crippen MR) is 58.5 cm³/mol. The Kier molecular flexibility index (Phi) is 2.85. The Balaban J connectivity index is 2.23. The maximum absolute atomic E-state index is 12.0. The van der Waals surface area contributed by atoms with Crippen molar-refractivity contribution in [1.82, 2.24) is 4.98 Å². The second-order valence-electron chi connectivity index (χ2n) is 3.77. The van der Waals surface area contributed by atoms with Crippen LogP contribution in [0, 0.1) is 5.92 Å². The second-order valence-corrected chi connectivity index (χ2v) is 3.77. The lowest BCUT2D eigenvalue weighted by molar-refractivity contribution is -0.133. The molecule has 0 spiro atoms. The first-order chi connectivity index (χ1) is 7.70. The highest BCUT2D eigenvalue weighted by Crippen LogP contribution is 2.22. The lowest BCUT2D eigenvalue weighted by Gasteiger charge is -2.29. The van der Waals surface area contributed by atoms with E-state index in [2.05, 4.69) is 4.98 Å². The van der Waals surface area contributed by atoms with E-state index in [1.54, 1.807) is 18.3 Å². The minimum Gasteiger partial charge on any atom is -0.369 e. The SMILES string of the molecule is NC(=O)C1CCCN(c2ccccn2)C1=O. The molecule has 1 aromatic heterocycles. The van der Waals surface area contributed by atoms with Gasteiger partial charge in [-0.3, -0.25) is 14.5 Å². The number of hydrogen-bond donors (Lipinski definition) is 1. The average molecular weight is 219 g/mol. The summed E-state index contributed by atoms with van der Waals surface area (Å²) in [6.07, 6.45) is 2.93. The van der Waals surface area contributed by atoms with Crippen LogP contribution in [0.2, 0.25) is 0 Å². The fourth-order valence-electron chi connectivity index (χ4n) is 1.88. The molecule has 1 aromatic rings. The van der Waals surface area contributed by atoms with E-state index in [0.29, 0.717) is 18.8 Å². The highest BCUT2D eigenvalue weighted by atomic mass is 16.2. The van der Waals surface area contributed by atoms with Gasteiger partial charge in [0.25, 0.3) is 0 Å². The molecule has 1 aliphatic rings. The largest absolute Gasteiger partial charge is 0.369 e. The van der Waals surface area contributed by atoms with Crippen LogP contribution in [0.4, 0.5) is 5.82 Å². The number of hydrogen-bond acceptors (Lipinski definition) is 3. The summed E-state index contributed by atoms with van der Waals surface area (Å²) in [5.74, 6) is -0.905. The summed E-state index contributed by atoms with van der Waals surface area (Å²) >= 11 is 0. The monoisotopic (exact) mass is 219 g/mol. The summed E-state index contributed by atoms with van der Waals surface area (Å²) in [5.41, 5.74) is 5.19. The Bertz CT molecular complexity index is 405. The topological polar surface area (TPSA) is 76.3 Å². The van der Waals surface area contributed by atoms with Crippen molar-refractivity contribution in [3.05, 3.63) is 24.4 Å². The third-order valence-corrected chi connectivity index (χ3v) is 2.71. The standard InChI is InChI=1S/C11H13N3O2/c12-10(15)8-4-3-7-14(11(8)16)9-5-1-2-6-13-9/h1-2,5-6,8H,3-4,7H2,(H2,12,15). The Hall–Kier alpha value is -1.91. The average Bonchev–Trinajstić information content (AvgIpc) is 2.30. The van der Waals surface area contributed by atoms with Crippen molar-refractivity contribution in [3.8, 4) is 0 Å². The molecule has 0 saturated carbocycles. The maximum atomic E-state index is 12.0. The predicted octanol–water partition coefficient (Wildman–Crippen LogP) is 0.310. The molecule has 5 nitrogen and oxygen atoms in total. The van der Waals surface area contributed by atoms with E-state index >= 15 is 0 Å². The van der Waals surface area contributed by atoms with Gasteiger partial charge in [0, 0.05) is 12.7 Å². The molecule has 0 aromatic carbocycles. The first-order valence-corrected chi connectivity index (χ1v) is 5.22. The van der Waals surface area contributed by atoms with Gasteiger partial charge in [-0.05, 0) is 25.0 Å². The number of pyridine rings is 1. The van der Waals surface area contributed by atoms with Crippen molar-refractivity contribution in [2.24, 2.45) is 11.7 Å². The number of aromatic nitrogens is 1. The molecule has 1 saturated heterocycles. The van der Waals surface area contributed by atoms with Gasteiger partial charge in [0.05, 0.1) is 0 Å². The molecule has 84 valence electrons. The van der Waals surface area contributed by atoms with Crippen LogP contribution >= 0.6 is 0 Å². The minimum atomic E-state index is -0.698. The number of amides is 2. The summed E-state index contributed by atoms with van der Waals surface area (Å²) in [6.45, 7) is 0.597. The summed E-state index contributed by atoms with van der Waals surface area (Å²) in [5, 5.41) is 0. The normalized spacial score (nSPS) is 20.9. The molecule has 2 N–H and O–H groups in total. The molecule has 0 radical (unpaired) electrons. The molecule has 1 unspecified atom stereocenters. The molecular weight excluding hydrogens is 206 g/mol. The van der Waals surface area contributed by atoms with Crippen molar-refractivity contribution >= 4 is 17.6 Å². The number of rotatable bonds is 2. The number of carbonyl (C=O) groups is 2. The zero-order valence-corrected chi connectivity index (χ0v) is 8.80. The molecule has 16 heavy (non-hydrogen) atoms. The van der Waals surface area contributed by atoms with E-state index in [1.165, 1.54) is 4.90 Å². The van der Waals surface area contributed by atoms with Gasteiger partial charge >= 0.3 is 0 Å². The van der Waals surface area contributed by atoms with Gasteiger partial charge < -0.3 is 5.73 Å². The molecule has 1 atom stereocenters. The number of piperidine rings is 1. The van der Waals surface area contributed by atoms with Gasteiger partial charge in [-0.2, -0.15) is 0 Å². The van der Waals surface area contributed by atoms with E-state index in [0.717, 1.165) is 6.42 Å². The first-order valence-electron chi connectivity index (χ1n) is 5.22. The van der Waals surface area contributed by atoms with Crippen molar-refractivity contribution < 1.29 is 9.59 Å². The van der Waals surface area contributed by atoms with Crippen LogP contribution in [0.25, 0.3) is 0 Å². The lowest BCUT2D eigenvalue weighted by Crippen LogP contribution is -2.46. The smallest absolute Gasteiger partial charge is 0.240 e. The highest BCUT2D eigenvalue weighted by molar-refractivity contribution is 6.07. The number of nitrogens with zero attached hydrogens (tertiary/aromatic N) is 2. The van der Waals surface area contributed by atoms with Gasteiger partial charge in [0.2, 0.25) is 11.8 Å². The molecule has 0 aliphatic carbocycles. The third kappa shape index (κ3) is 1.88. The molecule has 2 amide bonds. The quantitative estimate of drug-likeness (QED) is 0.727. The summed E-state index contributed by atoms with van der Waals surface area (Å²) in [4.78, 5) is 28.7. The van der Waals surface area contributed by atoms with Crippen LogP contribution in [0.3, 0.4) is 0 Å². The number of anilines is 1. The van der Waals surface area contributed by atoms with Gasteiger partial charge in [-0.1, -0.05) is 6.07 Å². The fourth-order valence-corrected chi connectivity index (χ4v) is 1.88. The van der Waals surface area contributed by atoms with Gasteiger partial charge in [-0.25, -0.2) is 4.98 Å². The van der Waals surface area contributed by atoms with Gasteiger partial charge in [0.15, 0.2) is 0 Å². The van der Waals surface area contributed by atoms with E-state index in [-0.39, 0.29) is 5.91 Å². The minimum absolute atomic E-state index is 0.238. The van der Waals surface area contributed by atoms with Crippen LogP contribution < -0.4 is 10.6 Å². The number of primary amides is 1. The maximum Gasteiger partial charge on any atom is 0.240 e. The van der Waals surface area contributed by atoms with Crippen molar-refractivity contribution in [2.45, 2.75) is 12.8 Å². The van der Waals surface area contributed by atoms with Crippen LogP contribution in [0.1, 0.15) is 12.8 Å². The van der Waals surface area contributed by atoms with E-state index in [1.807, 2.05) is 6.07 Å². The second kappa shape index (κ2) is 4.30. The van der Waals surface area contributed by atoms with E-state index in [9.17, 15) is 9.59 Å². The molecule has 1 aliphatic heterocycles. The Morgan fingerprint density at radius 2 is 2.31 bits per heavy atom. The zero-order valence-electron chi connectivity index (χ0n) is 8.80. The van der Waals surface area contributed by atoms with Crippen LogP contribution in [-0.4, -0.2) is 23.3 Å². The van der Waals surface area contributed by atoms with Crippen LogP contribution in [-0.2, 0) is 9.59 Å². The zero-order chi connectivity index (χ0) is 11.5. The Morgan fingerprint density at radius 1 is 1.50 bits per heavy atom. The molecule has 5 heteroatoms. The van der Waals surface area contributed by atoms with Gasteiger partial charge in [-0.15, -0.1) is 0 Å². The van der Waals surface area contributed by atoms with Gasteiger partial charge in [0.1, 0.15) is 11.7 Å². The highest BCUT2D eigenvalue weighted by Gasteiger charge is 2.33. The number of carbonyl (C=O) groups excluding carboxylic acids is 2. The summed E-state index contributed by atoms with van der Waals surface area (Å²) < 4.78 is 0. The lowest BCUT2D eigenvalue weighted by atomic mass is 9.96. The summed E-state index contributed by atoms with van der Waals surface area (Å²) in [7, 11) is 0. The van der Waals surface area contributed by atoms with Crippen LogP contribution in [0.15, 0.2) is 24.4 Å². The van der Waals surface area contributed by atoms with Crippen molar-refractivity contribution in [3.63, 3.8) is 0 Å².